The maximum Gasteiger partial charge on any atom is 0.343 e. The summed E-state index contributed by atoms with van der Waals surface area (Å²) in [5.41, 5.74) is 3.77. The first-order valence-corrected chi connectivity index (χ1v) is 11.2. The highest BCUT2D eigenvalue weighted by Crippen LogP contribution is 2.29. The SMILES string of the molecule is C=CCOc1ccc(Br)cc1C(=O)NN=Cc1ccc(OC(=O)c2ccc(OC)cc2)c(OC)c1. The van der Waals surface area contributed by atoms with Gasteiger partial charge in [0.25, 0.3) is 5.91 Å². The number of carbonyl (C=O) groups is 2. The van der Waals surface area contributed by atoms with Crippen molar-refractivity contribution in [2.75, 3.05) is 20.8 Å². The third-order valence-electron chi connectivity index (χ3n) is 4.64. The maximum absolute atomic E-state index is 12.6. The average molecular weight is 539 g/mol. The highest BCUT2D eigenvalue weighted by molar-refractivity contribution is 9.10. The van der Waals surface area contributed by atoms with E-state index in [0.29, 0.717) is 33.9 Å². The van der Waals surface area contributed by atoms with Crippen LogP contribution in [0.3, 0.4) is 0 Å². The molecule has 1 amide bonds. The van der Waals surface area contributed by atoms with Gasteiger partial charge in [-0.25, -0.2) is 10.2 Å². The van der Waals surface area contributed by atoms with E-state index >= 15 is 0 Å². The Kier molecular flexibility index (Phi) is 9.02. The van der Waals surface area contributed by atoms with Crippen LogP contribution in [0, 0.1) is 0 Å². The predicted molar refractivity (Wildman–Crippen MR) is 136 cm³/mol. The third-order valence-corrected chi connectivity index (χ3v) is 5.13. The van der Waals surface area contributed by atoms with E-state index in [2.05, 4.69) is 33.0 Å². The molecular formula is C26H23BrN2O6. The van der Waals surface area contributed by atoms with E-state index in [1.807, 2.05) is 0 Å². The minimum atomic E-state index is -0.539. The first-order chi connectivity index (χ1) is 16.9. The van der Waals surface area contributed by atoms with Gasteiger partial charge in [0.15, 0.2) is 11.5 Å². The van der Waals surface area contributed by atoms with Crippen LogP contribution in [0.1, 0.15) is 26.3 Å². The summed E-state index contributed by atoms with van der Waals surface area (Å²) in [7, 11) is 3.01. The molecule has 9 heteroatoms. The van der Waals surface area contributed by atoms with Crippen LogP contribution in [0.15, 0.2) is 82.9 Å². The molecule has 8 nitrogen and oxygen atoms in total. The van der Waals surface area contributed by atoms with E-state index in [1.165, 1.54) is 13.3 Å². The lowest BCUT2D eigenvalue weighted by atomic mass is 10.2. The molecule has 1 N–H and O–H groups in total. The summed E-state index contributed by atoms with van der Waals surface area (Å²) in [5.74, 6) is 0.629. The van der Waals surface area contributed by atoms with Gasteiger partial charge in [-0.05, 0) is 66.2 Å². The molecule has 0 heterocycles. The quantitative estimate of drug-likeness (QED) is 0.128. The van der Waals surface area contributed by atoms with Gasteiger partial charge in [0.05, 0.1) is 31.6 Å². The number of benzene rings is 3. The van der Waals surface area contributed by atoms with E-state index in [1.54, 1.807) is 73.8 Å². The van der Waals surface area contributed by atoms with Crippen LogP contribution < -0.4 is 24.4 Å². The number of halogens is 1. The van der Waals surface area contributed by atoms with Gasteiger partial charge in [-0.1, -0.05) is 28.6 Å². The van der Waals surface area contributed by atoms with E-state index in [4.69, 9.17) is 18.9 Å². The van der Waals surface area contributed by atoms with Gasteiger partial charge in [0.2, 0.25) is 0 Å². The number of methoxy groups -OCH3 is 2. The molecule has 3 rings (SSSR count). The third kappa shape index (κ3) is 6.94. The number of hydrazone groups is 1. The van der Waals surface area contributed by atoms with Crippen molar-refractivity contribution in [1.82, 2.24) is 5.43 Å². The fourth-order valence-corrected chi connectivity index (χ4v) is 3.28. The Balaban J connectivity index is 1.68. The maximum atomic E-state index is 12.6. The second-order valence-corrected chi connectivity index (χ2v) is 7.88. The van der Waals surface area contributed by atoms with Crippen molar-refractivity contribution in [3.63, 3.8) is 0 Å². The Hall–Kier alpha value is -4.11. The number of hydrogen-bond donors (Lipinski definition) is 1. The number of amides is 1. The zero-order valence-electron chi connectivity index (χ0n) is 19.1. The smallest absolute Gasteiger partial charge is 0.343 e. The molecule has 0 saturated carbocycles. The molecular weight excluding hydrogens is 516 g/mol. The molecule has 0 aromatic heterocycles. The second kappa shape index (κ2) is 12.4. The number of nitrogens with one attached hydrogen (secondary N) is 1. The van der Waals surface area contributed by atoms with E-state index in [-0.39, 0.29) is 12.4 Å². The largest absolute Gasteiger partial charge is 0.497 e. The van der Waals surface area contributed by atoms with E-state index in [0.717, 1.165) is 4.47 Å². The number of hydrogen-bond acceptors (Lipinski definition) is 7. The Morgan fingerprint density at radius 2 is 1.71 bits per heavy atom. The molecule has 0 aliphatic rings. The highest BCUT2D eigenvalue weighted by atomic mass is 79.9. The van der Waals surface area contributed by atoms with Crippen molar-refractivity contribution in [3.8, 4) is 23.0 Å². The number of ether oxygens (including phenoxy) is 4. The molecule has 180 valence electrons. The summed E-state index contributed by atoms with van der Waals surface area (Å²) in [6.45, 7) is 3.87. The van der Waals surface area contributed by atoms with Gasteiger partial charge in [-0.2, -0.15) is 5.10 Å². The Morgan fingerprint density at radius 3 is 2.40 bits per heavy atom. The zero-order chi connectivity index (χ0) is 25.2. The van der Waals surface area contributed by atoms with Crippen molar-refractivity contribution in [2.45, 2.75) is 0 Å². The van der Waals surface area contributed by atoms with Crippen molar-refractivity contribution < 1.29 is 28.5 Å². The van der Waals surface area contributed by atoms with Crippen molar-refractivity contribution >= 4 is 34.0 Å². The normalized spacial score (nSPS) is 10.5. The van der Waals surface area contributed by atoms with E-state index < -0.39 is 11.9 Å². The van der Waals surface area contributed by atoms with Gasteiger partial charge >= 0.3 is 5.97 Å². The molecule has 35 heavy (non-hydrogen) atoms. The topological polar surface area (TPSA) is 95.5 Å². The molecule has 0 aliphatic carbocycles. The fraction of sp³-hybridized carbons (Fsp3) is 0.115. The summed E-state index contributed by atoms with van der Waals surface area (Å²) in [4.78, 5) is 25.1. The lowest BCUT2D eigenvalue weighted by molar-refractivity contribution is 0.0729. The van der Waals surface area contributed by atoms with Crippen LogP contribution in [0.4, 0.5) is 0 Å². The van der Waals surface area contributed by atoms with Crippen LogP contribution in [0.2, 0.25) is 0 Å². The molecule has 0 radical (unpaired) electrons. The molecule has 3 aromatic carbocycles. The van der Waals surface area contributed by atoms with Gasteiger partial charge in [0, 0.05) is 4.47 Å². The first-order valence-electron chi connectivity index (χ1n) is 10.4. The van der Waals surface area contributed by atoms with Crippen LogP contribution in [0.25, 0.3) is 0 Å². The van der Waals surface area contributed by atoms with E-state index in [9.17, 15) is 9.59 Å². The highest BCUT2D eigenvalue weighted by Gasteiger charge is 2.14. The van der Waals surface area contributed by atoms with Crippen molar-refractivity contribution in [2.24, 2.45) is 5.10 Å². The summed E-state index contributed by atoms with van der Waals surface area (Å²) in [6.07, 6.45) is 3.03. The summed E-state index contributed by atoms with van der Waals surface area (Å²) in [5, 5.41) is 4.01. The first kappa shape index (κ1) is 25.5. The minimum absolute atomic E-state index is 0.243. The van der Waals surface area contributed by atoms with Crippen LogP contribution in [-0.2, 0) is 0 Å². The summed E-state index contributed by atoms with van der Waals surface area (Å²) in [6, 6.07) is 16.5. The molecule has 0 fully saturated rings. The lowest BCUT2D eigenvalue weighted by Gasteiger charge is -2.10. The molecule has 0 saturated heterocycles. The predicted octanol–water partition coefficient (Wildman–Crippen LogP) is 5.01. The molecule has 3 aromatic rings. The van der Waals surface area contributed by atoms with Gasteiger partial charge in [0.1, 0.15) is 18.1 Å². The molecule has 0 spiro atoms. The Morgan fingerprint density at radius 1 is 0.971 bits per heavy atom. The molecule has 0 atom stereocenters. The number of esters is 1. The van der Waals surface area contributed by atoms with Gasteiger partial charge in [-0.15, -0.1) is 0 Å². The summed E-state index contributed by atoms with van der Waals surface area (Å²) >= 11 is 3.35. The number of nitrogens with zero attached hydrogens (tertiary/aromatic N) is 1. The zero-order valence-corrected chi connectivity index (χ0v) is 20.7. The Labute approximate surface area is 211 Å². The van der Waals surface area contributed by atoms with Crippen molar-refractivity contribution in [1.29, 1.82) is 0 Å². The van der Waals surface area contributed by atoms with Gasteiger partial charge in [-0.3, -0.25) is 4.79 Å². The minimum Gasteiger partial charge on any atom is -0.497 e. The van der Waals surface area contributed by atoms with Gasteiger partial charge < -0.3 is 18.9 Å². The number of carbonyl (C=O) groups excluding carboxylic acids is 2. The Bertz CT molecular complexity index is 1240. The van der Waals surface area contributed by atoms with Crippen LogP contribution >= 0.6 is 15.9 Å². The van der Waals surface area contributed by atoms with Crippen LogP contribution in [-0.4, -0.2) is 38.9 Å². The lowest BCUT2D eigenvalue weighted by Crippen LogP contribution is -2.19. The molecule has 0 aliphatic heterocycles. The number of rotatable bonds is 10. The monoisotopic (exact) mass is 538 g/mol. The average Bonchev–Trinajstić information content (AvgIpc) is 2.88. The fourth-order valence-electron chi connectivity index (χ4n) is 2.91. The second-order valence-electron chi connectivity index (χ2n) is 6.97. The summed E-state index contributed by atoms with van der Waals surface area (Å²) < 4.78 is 22.2. The molecule has 0 unspecified atom stereocenters. The van der Waals surface area contributed by atoms with Crippen LogP contribution in [0.5, 0.6) is 23.0 Å². The standard InChI is InChI=1S/C26H23BrN2O6/c1-4-13-34-22-12-8-19(27)15-21(22)25(30)29-28-16-17-5-11-23(24(14-17)33-3)35-26(31)18-6-9-20(32-2)10-7-18/h4-12,14-16H,1,13H2,2-3H3,(H,29,30). The molecule has 0 bridgehead atoms. The van der Waals surface area contributed by atoms with Crippen molar-refractivity contribution in [3.05, 3.63) is 94.5 Å².